The summed E-state index contributed by atoms with van der Waals surface area (Å²) in [6.07, 6.45) is 8.88. The van der Waals surface area contributed by atoms with Crippen molar-refractivity contribution < 1.29 is 22.3 Å². The van der Waals surface area contributed by atoms with Crippen LogP contribution in [0.15, 0.2) is 16.5 Å². The molecule has 0 spiro atoms. The number of ether oxygens (including phenoxy) is 1. The highest BCUT2D eigenvalue weighted by Crippen LogP contribution is 2.61. The van der Waals surface area contributed by atoms with E-state index < -0.39 is 27.8 Å². The predicted octanol–water partition coefficient (Wildman–Crippen LogP) is 5.30. The fraction of sp³-hybridized carbons (Fsp3) is 0.650. The standard InChI is InChI=1S/C19H21ClFNO4S.CH4/c20-15-6-14(18(23)22-27(24)25)16(21)7-17(15)26-2-1-19-8-11-3-12(9-19)5-13(4-11)10-19;/h6-7,11-13H,1-5,8-10H2;1H4. The summed E-state index contributed by atoms with van der Waals surface area (Å²) in [5, 5.41) is 0.0668. The van der Waals surface area contributed by atoms with Gasteiger partial charge in [0.15, 0.2) is 0 Å². The molecule has 4 saturated carbocycles. The number of benzene rings is 1. The van der Waals surface area contributed by atoms with Crippen LogP contribution in [-0.2, 0) is 10.5 Å². The zero-order valence-corrected chi connectivity index (χ0v) is 16.4. The first-order valence-corrected chi connectivity index (χ1v) is 10.7. The van der Waals surface area contributed by atoms with Gasteiger partial charge in [-0.15, -0.1) is 0 Å². The van der Waals surface area contributed by atoms with Crippen molar-refractivity contribution in [3.05, 3.63) is 28.5 Å². The molecule has 4 aliphatic rings. The Morgan fingerprint density at radius 2 is 1.75 bits per heavy atom. The van der Waals surface area contributed by atoms with Gasteiger partial charge < -0.3 is 4.74 Å². The molecule has 5 rings (SSSR count). The van der Waals surface area contributed by atoms with Crippen LogP contribution in [0.3, 0.4) is 0 Å². The second-order valence-corrected chi connectivity index (χ2v) is 9.42. The van der Waals surface area contributed by atoms with Gasteiger partial charge in [0.05, 0.1) is 17.2 Å². The SMILES string of the molecule is C.O=C(N=S(=O)=O)c1cc(Cl)c(OCCC23CC4CC(CC(C4)C2)C3)cc1F. The first-order valence-electron chi connectivity index (χ1n) is 9.31. The largest absolute Gasteiger partial charge is 0.492 e. The van der Waals surface area contributed by atoms with E-state index in [2.05, 4.69) is 4.36 Å². The van der Waals surface area contributed by atoms with Crippen molar-refractivity contribution in [2.24, 2.45) is 27.5 Å². The number of nitrogens with zero attached hydrogens (tertiary/aromatic N) is 1. The van der Waals surface area contributed by atoms with Crippen LogP contribution >= 0.6 is 11.6 Å². The van der Waals surface area contributed by atoms with Gasteiger partial charge in [-0.1, -0.05) is 23.4 Å². The van der Waals surface area contributed by atoms with E-state index in [1.807, 2.05) is 0 Å². The maximum Gasteiger partial charge on any atom is 0.319 e. The Balaban J connectivity index is 0.00000225. The molecule has 0 aliphatic heterocycles. The monoisotopic (exact) mass is 429 g/mol. The molecule has 28 heavy (non-hydrogen) atoms. The lowest BCUT2D eigenvalue weighted by molar-refractivity contribution is -0.0622. The van der Waals surface area contributed by atoms with E-state index in [1.54, 1.807) is 0 Å². The normalized spacial score (nSPS) is 29.9. The Morgan fingerprint density at radius 1 is 1.18 bits per heavy atom. The van der Waals surface area contributed by atoms with Crippen LogP contribution in [0, 0.1) is 29.0 Å². The quantitative estimate of drug-likeness (QED) is 0.636. The summed E-state index contributed by atoms with van der Waals surface area (Å²) in [7, 11) is -2.94. The summed E-state index contributed by atoms with van der Waals surface area (Å²) in [6.45, 7) is 0.452. The van der Waals surface area contributed by atoms with E-state index in [1.165, 1.54) is 38.5 Å². The van der Waals surface area contributed by atoms with Crippen LogP contribution in [0.2, 0.25) is 5.02 Å². The number of hydrogen-bond donors (Lipinski definition) is 0. The molecule has 0 saturated heterocycles. The number of amides is 1. The van der Waals surface area contributed by atoms with Crippen molar-refractivity contribution in [1.29, 1.82) is 0 Å². The van der Waals surface area contributed by atoms with E-state index in [9.17, 15) is 17.6 Å². The molecule has 8 heteroatoms. The summed E-state index contributed by atoms with van der Waals surface area (Å²) in [6, 6.07) is 2.09. The highest BCUT2D eigenvalue weighted by molar-refractivity contribution is 7.62. The van der Waals surface area contributed by atoms with Gasteiger partial charge >= 0.3 is 10.5 Å². The minimum Gasteiger partial charge on any atom is -0.492 e. The van der Waals surface area contributed by atoms with Gasteiger partial charge in [0.25, 0.3) is 5.91 Å². The average molecular weight is 430 g/mol. The average Bonchev–Trinajstić information content (AvgIpc) is 2.55. The summed E-state index contributed by atoms with van der Waals surface area (Å²) in [5.41, 5.74) is -0.134. The van der Waals surface area contributed by atoms with E-state index >= 15 is 0 Å². The van der Waals surface area contributed by atoms with E-state index in [-0.39, 0.29) is 18.2 Å². The van der Waals surface area contributed by atoms with Gasteiger partial charge in [0, 0.05) is 6.07 Å². The highest BCUT2D eigenvalue weighted by atomic mass is 35.5. The Labute approximate surface area is 171 Å². The number of halogens is 2. The van der Waals surface area contributed by atoms with Gasteiger partial charge in [-0.25, -0.2) is 4.39 Å². The molecule has 154 valence electrons. The summed E-state index contributed by atoms with van der Waals surface area (Å²) in [4.78, 5) is 11.6. The number of hydrogen-bond acceptors (Lipinski definition) is 4. The van der Waals surface area contributed by atoms with Crippen LogP contribution in [0.25, 0.3) is 0 Å². The lowest BCUT2D eigenvalue weighted by Crippen LogP contribution is -2.46. The smallest absolute Gasteiger partial charge is 0.319 e. The second-order valence-electron chi connectivity index (χ2n) is 8.39. The van der Waals surface area contributed by atoms with Crippen molar-refractivity contribution >= 4 is 28.0 Å². The molecule has 4 bridgehead atoms. The highest BCUT2D eigenvalue weighted by Gasteiger charge is 2.50. The maximum absolute atomic E-state index is 14.2. The predicted molar refractivity (Wildman–Crippen MR) is 105 cm³/mol. The molecule has 0 heterocycles. The Hall–Kier alpha value is -1.47. The Kier molecular flexibility index (Phi) is 6.15. The molecular weight excluding hydrogens is 405 g/mol. The fourth-order valence-corrected chi connectivity index (χ4v) is 6.35. The molecule has 0 N–H and O–H groups in total. The first kappa shape index (κ1) is 21.2. The topological polar surface area (TPSA) is 72.8 Å². The maximum atomic E-state index is 14.2. The minimum atomic E-state index is -2.94. The van der Waals surface area contributed by atoms with Crippen molar-refractivity contribution in [2.45, 2.75) is 52.4 Å². The Bertz CT molecular complexity index is 872. The molecule has 5 nitrogen and oxygen atoms in total. The molecule has 1 aromatic rings. The van der Waals surface area contributed by atoms with Gasteiger partial charge in [-0.05, 0) is 74.2 Å². The van der Waals surface area contributed by atoms with Crippen molar-refractivity contribution in [1.82, 2.24) is 0 Å². The number of carbonyl (C=O) groups excluding carboxylic acids is 1. The van der Waals surface area contributed by atoms with Gasteiger partial charge in [-0.3, -0.25) is 4.79 Å². The van der Waals surface area contributed by atoms with Crippen LogP contribution in [-0.4, -0.2) is 20.9 Å². The van der Waals surface area contributed by atoms with Crippen molar-refractivity contribution in [3.63, 3.8) is 0 Å². The van der Waals surface area contributed by atoms with Crippen LogP contribution in [0.1, 0.15) is 62.7 Å². The zero-order valence-electron chi connectivity index (χ0n) is 14.8. The second kappa shape index (κ2) is 8.11. The number of rotatable bonds is 5. The number of carbonyl (C=O) groups is 1. The molecule has 0 unspecified atom stereocenters. The molecule has 0 aromatic heterocycles. The summed E-state index contributed by atoms with van der Waals surface area (Å²) in [5.74, 6) is 0.652. The van der Waals surface area contributed by atoms with Gasteiger partial charge in [0.2, 0.25) is 0 Å². The van der Waals surface area contributed by atoms with Crippen LogP contribution in [0.4, 0.5) is 4.39 Å². The first-order chi connectivity index (χ1) is 12.8. The molecular formula is C20H25ClFNO4S. The molecule has 4 aliphatic carbocycles. The molecule has 4 fully saturated rings. The van der Waals surface area contributed by atoms with Crippen molar-refractivity contribution in [2.75, 3.05) is 6.61 Å². The Morgan fingerprint density at radius 3 is 2.29 bits per heavy atom. The summed E-state index contributed by atoms with van der Waals surface area (Å²) >= 11 is 6.10. The molecule has 1 aromatic carbocycles. The molecule has 1 amide bonds. The zero-order chi connectivity index (χ0) is 19.2. The lowest BCUT2D eigenvalue weighted by Gasteiger charge is -2.57. The van der Waals surface area contributed by atoms with Gasteiger partial charge in [0.1, 0.15) is 11.6 Å². The van der Waals surface area contributed by atoms with E-state index in [0.29, 0.717) is 12.0 Å². The van der Waals surface area contributed by atoms with Crippen molar-refractivity contribution in [3.8, 4) is 5.75 Å². The van der Waals surface area contributed by atoms with E-state index in [4.69, 9.17) is 16.3 Å². The van der Waals surface area contributed by atoms with Crippen LogP contribution in [0.5, 0.6) is 5.75 Å². The third-order valence-electron chi connectivity index (χ3n) is 6.46. The third kappa shape index (κ3) is 4.25. The third-order valence-corrected chi connectivity index (χ3v) is 7.07. The van der Waals surface area contributed by atoms with E-state index in [0.717, 1.165) is 36.3 Å². The minimum absolute atomic E-state index is 0. The molecule has 0 radical (unpaired) electrons. The molecule has 0 atom stereocenters. The van der Waals surface area contributed by atoms with Crippen LogP contribution < -0.4 is 4.74 Å². The lowest BCUT2D eigenvalue weighted by atomic mass is 9.49. The van der Waals surface area contributed by atoms with Gasteiger partial charge in [-0.2, -0.15) is 8.42 Å². The summed E-state index contributed by atoms with van der Waals surface area (Å²) < 4.78 is 43.6. The fourth-order valence-electron chi connectivity index (χ4n) is 5.89.